The molecule has 1 fully saturated rings. The van der Waals surface area contributed by atoms with Crippen molar-refractivity contribution in [2.24, 2.45) is 10.8 Å². The molecule has 0 saturated carbocycles. The molecule has 0 spiro atoms. The molecule has 0 amide bonds. The minimum Gasteiger partial charge on any atom is -0.456 e. The van der Waals surface area contributed by atoms with Gasteiger partial charge in [0.1, 0.15) is 11.5 Å². The molecule has 0 aromatic heterocycles. The van der Waals surface area contributed by atoms with E-state index < -0.39 is 22.9 Å². The highest BCUT2D eigenvalue weighted by molar-refractivity contribution is 6.35. The highest BCUT2D eigenvalue weighted by Gasteiger charge is 2.55. The number of hydrogen-bond donors (Lipinski definition) is 0. The number of esters is 1. The number of ether oxygens (including phenoxy) is 1. The molecule has 0 radical (unpaired) electrons. The second-order valence-corrected chi connectivity index (χ2v) is 6.97. The lowest BCUT2D eigenvalue weighted by Crippen LogP contribution is -2.52. The molecule has 1 atom stereocenters. The Morgan fingerprint density at radius 3 is 2.25 bits per heavy atom. The molecule has 1 aromatic carbocycles. The van der Waals surface area contributed by atoms with Crippen molar-refractivity contribution in [3.8, 4) is 0 Å². The van der Waals surface area contributed by atoms with Crippen LogP contribution in [-0.4, -0.2) is 11.8 Å². The molecule has 1 unspecified atom stereocenters. The van der Waals surface area contributed by atoms with Crippen molar-refractivity contribution >= 4 is 35.0 Å². The molecule has 2 rings (SSSR count). The first-order chi connectivity index (χ1) is 9.08. The number of rotatable bonds is 1. The van der Waals surface area contributed by atoms with Gasteiger partial charge in [-0.3, -0.25) is 9.59 Å². The summed E-state index contributed by atoms with van der Waals surface area (Å²) in [5.74, 6) is -0.685. The van der Waals surface area contributed by atoms with Crippen molar-refractivity contribution in [2.75, 3.05) is 0 Å². The monoisotopic (exact) mass is 314 g/mol. The van der Waals surface area contributed by atoms with Crippen molar-refractivity contribution in [2.45, 2.75) is 33.8 Å². The van der Waals surface area contributed by atoms with E-state index >= 15 is 0 Å². The van der Waals surface area contributed by atoms with Gasteiger partial charge >= 0.3 is 5.97 Å². The van der Waals surface area contributed by atoms with Crippen molar-refractivity contribution in [3.63, 3.8) is 0 Å². The lowest BCUT2D eigenvalue weighted by Gasteiger charge is -2.43. The summed E-state index contributed by atoms with van der Waals surface area (Å²) in [5.41, 5.74) is -1.40. The predicted molar refractivity (Wildman–Crippen MR) is 77.9 cm³/mol. The van der Waals surface area contributed by atoms with Gasteiger partial charge in [-0.05, 0) is 39.8 Å². The van der Waals surface area contributed by atoms with E-state index in [9.17, 15) is 9.59 Å². The van der Waals surface area contributed by atoms with E-state index in [1.54, 1.807) is 45.9 Å². The zero-order chi connectivity index (χ0) is 15.3. The van der Waals surface area contributed by atoms with Gasteiger partial charge in [-0.1, -0.05) is 29.3 Å². The summed E-state index contributed by atoms with van der Waals surface area (Å²) in [7, 11) is 0. The van der Waals surface area contributed by atoms with Gasteiger partial charge in [-0.15, -0.1) is 0 Å². The third kappa shape index (κ3) is 2.23. The molecule has 0 N–H and O–H groups in total. The van der Waals surface area contributed by atoms with Crippen LogP contribution in [0.3, 0.4) is 0 Å². The topological polar surface area (TPSA) is 43.4 Å². The number of carbonyl (C=O) groups is 2. The van der Waals surface area contributed by atoms with E-state index in [0.717, 1.165) is 0 Å². The number of ketones is 1. The van der Waals surface area contributed by atoms with Crippen LogP contribution in [0, 0.1) is 10.8 Å². The average molecular weight is 315 g/mol. The van der Waals surface area contributed by atoms with Crippen LogP contribution in [0.5, 0.6) is 0 Å². The Balaban J connectivity index is 2.52. The molecule has 0 aliphatic carbocycles. The second kappa shape index (κ2) is 4.74. The standard InChI is InChI=1S/C15H16Cl2O3/c1-14(2)11(9-6-5-8(16)7-10(9)17)20-13(19)15(3,4)12(14)18/h5-7,11H,1-4H3. The molecular formula is C15H16Cl2O3. The largest absolute Gasteiger partial charge is 0.456 e. The average Bonchev–Trinajstić information content (AvgIpc) is 2.33. The Labute approximate surface area is 128 Å². The number of cyclic esters (lactones) is 1. The SMILES string of the molecule is CC1(C)C(=O)OC(c2ccc(Cl)cc2Cl)C(C)(C)C1=O. The van der Waals surface area contributed by atoms with Gasteiger partial charge in [-0.25, -0.2) is 0 Å². The lowest BCUT2D eigenvalue weighted by atomic mass is 9.67. The van der Waals surface area contributed by atoms with Crippen LogP contribution in [0.25, 0.3) is 0 Å². The number of carbonyl (C=O) groups excluding carboxylic acids is 2. The predicted octanol–water partition coefficient (Wildman–Crippen LogP) is 4.21. The Kier molecular flexibility index (Phi) is 3.64. The summed E-state index contributed by atoms with van der Waals surface area (Å²) < 4.78 is 5.51. The fourth-order valence-electron chi connectivity index (χ4n) is 2.59. The molecule has 108 valence electrons. The van der Waals surface area contributed by atoms with Crippen molar-refractivity contribution in [1.82, 2.24) is 0 Å². The van der Waals surface area contributed by atoms with Crippen LogP contribution in [-0.2, 0) is 14.3 Å². The van der Waals surface area contributed by atoms with Gasteiger partial charge in [0.25, 0.3) is 0 Å². The van der Waals surface area contributed by atoms with Crippen LogP contribution >= 0.6 is 23.2 Å². The minimum atomic E-state index is -1.14. The lowest BCUT2D eigenvalue weighted by molar-refractivity contribution is -0.186. The highest BCUT2D eigenvalue weighted by atomic mass is 35.5. The number of Topliss-reactive ketones (excluding diaryl/α,β-unsaturated/α-hetero) is 1. The van der Waals surface area contributed by atoms with Crippen LogP contribution < -0.4 is 0 Å². The first kappa shape index (κ1) is 15.3. The van der Waals surface area contributed by atoms with E-state index in [-0.39, 0.29) is 5.78 Å². The fraction of sp³-hybridized carbons (Fsp3) is 0.467. The van der Waals surface area contributed by atoms with Gasteiger partial charge in [0.15, 0.2) is 5.78 Å². The molecule has 0 bridgehead atoms. The smallest absolute Gasteiger partial charge is 0.319 e. The molecule has 1 heterocycles. The van der Waals surface area contributed by atoms with E-state index in [1.807, 2.05) is 0 Å². The quantitative estimate of drug-likeness (QED) is 0.576. The maximum Gasteiger partial charge on any atom is 0.319 e. The summed E-state index contributed by atoms with van der Waals surface area (Å²) in [4.78, 5) is 24.6. The zero-order valence-electron chi connectivity index (χ0n) is 11.8. The summed E-state index contributed by atoms with van der Waals surface area (Å²) in [5, 5.41) is 0.876. The van der Waals surface area contributed by atoms with Crippen molar-refractivity contribution in [3.05, 3.63) is 33.8 Å². The maximum atomic E-state index is 12.6. The van der Waals surface area contributed by atoms with Gasteiger partial charge < -0.3 is 4.74 Å². The van der Waals surface area contributed by atoms with Gasteiger partial charge in [-0.2, -0.15) is 0 Å². The van der Waals surface area contributed by atoms with Crippen LogP contribution in [0.4, 0.5) is 0 Å². The molecule has 3 nitrogen and oxygen atoms in total. The molecule has 1 saturated heterocycles. The zero-order valence-corrected chi connectivity index (χ0v) is 13.3. The molecule has 1 aliphatic rings. The maximum absolute atomic E-state index is 12.6. The number of hydrogen-bond acceptors (Lipinski definition) is 3. The van der Waals surface area contributed by atoms with Crippen molar-refractivity contribution < 1.29 is 14.3 Å². The molecular weight excluding hydrogens is 299 g/mol. The van der Waals surface area contributed by atoms with Crippen molar-refractivity contribution in [1.29, 1.82) is 0 Å². The first-order valence-electron chi connectivity index (χ1n) is 6.29. The van der Waals surface area contributed by atoms with Gasteiger partial charge in [0.05, 0.1) is 5.41 Å². The van der Waals surface area contributed by atoms with Crippen LogP contribution in [0.15, 0.2) is 18.2 Å². The summed E-state index contributed by atoms with van der Waals surface area (Å²) in [6.45, 7) is 6.69. The normalized spacial score (nSPS) is 24.4. The first-order valence-corrected chi connectivity index (χ1v) is 7.05. The van der Waals surface area contributed by atoms with Crippen LogP contribution in [0.2, 0.25) is 10.0 Å². The summed E-state index contributed by atoms with van der Waals surface area (Å²) in [6, 6.07) is 4.93. The summed E-state index contributed by atoms with van der Waals surface area (Å²) in [6.07, 6.45) is -0.708. The van der Waals surface area contributed by atoms with E-state index in [4.69, 9.17) is 27.9 Å². The molecule has 1 aromatic rings. The minimum absolute atomic E-state index is 0.155. The summed E-state index contributed by atoms with van der Waals surface area (Å²) >= 11 is 12.0. The molecule has 1 aliphatic heterocycles. The number of halogens is 2. The third-order valence-electron chi connectivity index (χ3n) is 3.79. The van der Waals surface area contributed by atoms with Gasteiger partial charge in [0, 0.05) is 15.6 Å². The van der Waals surface area contributed by atoms with E-state index in [1.165, 1.54) is 0 Å². The Morgan fingerprint density at radius 1 is 1.10 bits per heavy atom. The molecule has 20 heavy (non-hydrogen) atoms. The Morgan fingerprint density at radius 2 is 1.70 bits per heavy atom. The van der Waals surface area contributed by atoms with E-state index in [2.05, 4.69) is 0 Å². The fourth-order valence-corrected chi connectivity index (χ4v) is 3.09. The Hall–Kier alpha value is -1.06. The van der Waals surface area contributed by atoms with Gasteiger partial charge in [0.2, 0.25) is 0 Å². The molecule has 5 heteroatoms. The number of benzene rings is 1. The van der Waals surface area contributed by atoms with E-state index in [0.29, 0.717) is 15.6 Å². The van der Waals surface area contributed by atoms with Crippen LogP contribution in [0.1, 0.15) is 39.4 Å². The Bertz CT molecular complexity index is 591. The highest BCUT2D eigenvalue weighted by Crippen LogP contribution is 2.49. The third-order valence-corrected chi connectivity index (χ3v) is 4.35. The second-order valence-electron chi connectivity index (χ2n) is 6.13.